The van der Waals surface area contributed by atoms with Gasteiger partial charge in [0.2, 0.25) is 0 Å². The van der Waals surface area contributed by atoms with Crippen LogP contribution in [0.2, 0.25) is 5.15 Å². The maximum Gasteiger partial charge on any atom is 0.254 e. The molecule has 3 nitrogen and oxygen atoms in total. The van der Waals surface area contributed by atoms with Crippen LogP contribution >= 0.6 is 11.6 Å². The third-order valence-electron chi connectivity index (χ3n) is 3.86. The minimum atomic E-state index is 0.0267. The summed E-state index contributed by atoms with van der Waals surface area (Å²) in [5.74, 6) is 2.06. The zero-order valence-electron chi connectivity index (χ0n) is 9.86. The smallest absolute Gasteiger partial charge is 0.254 e. The van der Waals surface area contributed by atoms with Gasteiger partial charge in [-0.05, 0) is 31.6 Å². The van der Waals surface area contributed by atoms with Gasteiger partial charge in [-0.25, -0.2) is 4.98 Å². The fourth-order valence-electron chi connectivity index (χ4n) is 2.78. The molecule has 0 amide bonds. The molecule has 2 aliphatic carbocycles. The van der Waals surface area contributed by atoms with Crippen LogP contribution in [0.25, 0.3) is 0 Å². The molecular weight excluding hydrogens is 236 g/mol. The molecule has 1 heterocycles. The zero-order chi connectivity index (χ0) is 11.8. The van der Waals surface area contributed by atoms with Crippen LogP contribution in [0.3, 0.4) is 0 Å². The average Bonchev–Trinajstić information content (AvgIpc) is 3.00. The number of halogens is 1. The molecule has 0 atom stereocenters. The Morgan fingerprint density at radius 1 is 1.29 bits per heavy atom. The van der Waals surface area contributed by atoms with Crippen molar-refractivity contribution in [2.45, 2.75) is 51.0 Å². The second kappa shape index (κ2) is 4.45. The molecule has 0 saturated heterocycles. The summed E-state index contributed by atoms with van der Waals surface area (Å²) >= 11 is 5.89. The number of hydrogen-bond acceptors (Lipinski definition) is 2. The van der Waals surface area contributed by atoms with Crippen molar-refractivity contribution in [3.8, 4) is 0 Å². The fourth-order valence-corrected chi connectivity index (χ4v) is 2.96. The summed E-state index contributed by atoms with van der Waals surface area (Å²) in [4.78, 5) is 16.4. The second-order valence-corrected chi connectivity index (χ2v) is 5.70. The predicted octanol–water partition coefficient (Wildman–Crippen LogP) is 2.96. The van der Waals surface area contributed by atoms with Crippen LogP contribution in [-0.2, 0) is 6.54 Å². The van der Waals surface area contributed by atoms with E-state index in [9.17, 15) is 4.79 Å². The van der Waals surface area contributed by atoms with Crippen molar-refractivity contribution in [1.29, 1.82) is 0 Å². The second-order valence-electron chi connectivity index (χ2n) is 5.31. The van der Waals surface area contributed by atoms with Crippen LogP contribution in [0.4, 0.5) is 0 Å². The molecule has 2 aliphatic rings. The molecule has 1 aromatic heterocycles. The van der Waals surface area contributed by atoms with E-state index in [0.717, 1.165) is 25.2 Å². The highest BCUT2D eigenvalue weighted by Gasteiger charge is 2.30. The molecule has 17 heavy (non-hydrogen) atoms. The SMILES string of the molecule is O=c1cc(Cl)nc(C2CC2)n1CC1CCCC1. The summed E-state index contributed by atoms with van der Waals surface area (Å²) in [5.41, 5.74) is 0.0267. The maximum atomic E-state index is 12.0. The first-order valence-corrected chi connectivity index (χ1v) is 6.89. The Labute approximate surface area is 106 Å². The van der Waals surface area contributed by atoms with E-state index in [4.69, 9.17) is 11.6 Å². The lowest BCUT2D eigenvalue weighted by Gasteiger charge is -2.15. The number of rotatable bonds is 3. The summed E-state index contributed by atoms with van der Waals surface area (Å²) in [6, 6.07) is 1.45. The zero-order valence-corrected chi connectivity index (χ0v) is 10.6. The highest BCUT2D eigenvalue weighted by atomic mass is 35.5. The first-order chi connectivity index (χ1) is 8.24. The van der Waals surface area contributed by atoms with E-state index in [1.807, 2.05) is 4.57 Å². The van der Waals surface area contributed by atoms with Crippen LogP contribution < -0.4 is 5.56 Å². The van der Waals surface area contributed by atoms with Crippen molar-refractivity contribution < 1.29 is 0 Å². The van der Waals surface area contributed by atoms with Crippen molar-refractivity contribution in [2.24, 2.45) is 5.92 Å². The Balaban J connectivity index is 1.92. The molecule has 0 radical (unpaired) electrons. The van der Waals surface area contributed by atoms with Gasteiger partial charge in [-0.15, -0.1) is 0 Å². The van der Waals surface area contributed by atoms with Crippen molar-refractivity contribution in [3.63, 3.8) is 0 Å². The van der Waals surface area contributed by atoms with Crippen molar-refractivity contribution in [2.75, 3.05) is 0 Å². The van der Waals surface area contributed by atoms with Gasteiger partial charge in [0.15, 0.2) is 0 Å². The standard InChI is InChI=1S/C13H17ClN2O/c14-11-7-12(17)16(8-9-3-1-2-4-9)13(15-11)10-5-6-10/h7,9-10H,1-6,8H2. The molecule has 2 saturated carbocycles. The average molecular weight is 253 g/mol. The Morgan fingerprint density at radius 2 is 2.00 bits per heavy atom. The molecule has 0 N–H and O–H groups in total. The van der Waals surface area contributed by atoms with E-state index in [0.29, 0.717) is 17.0 Å². The molecule has 2 fully saturated rings. The predicted molar refractivity (Wildman–Crippen MR) is 67.4 cm³/mol. The van der Waals surface area contributed by atoms with Gasteiger partial charge in [-0.3, -0.25) is 9.36 Å². The molecule has 0 bridgehead atoms. The van der Waals surface area contributed by atoms with Crippen LogP contribution in [0.5, 0.6) is 0 Å². The minimum absolute atomic E-state index is 0.0267. The molecule has 0 aliphatic heterocycles. The van der Waals surface area contributed by atoms with E-state index < -0.39 is 0 Å². The topological polar surface area (TPSA) is 34.9 Å². The number of hydrogen-bond donors (Lipinski definition) is 0. The third-order valence-corrected chi connectivity index (χ3v) is 4.06. The highest BCUT2D eigenvalue weighted by Crippen LogP contribution is 2.39. The summed E-state index contributed by atoms with van der Waals surface area (Å²) in [5, 5.41) is 0.347. The molecule has 3 rings (SSSR count). The van der Waals surface area contributed by atoms with Gasteiger partial charge in [0.05, 0.1) is 0 Å². The Bertz CT molecular complexity index is 473. The van der Waals surface area contributed by atoms with Crippen molar-refractivity contribution in [3.05, 3.63) is 27.4 Å². The molecule has 1 aromatic rings. The minimum Gasteiger partial charge on any atom is -0.296 e. The van der Waals surface area contributed by atoms with E-state index in [-0.39, 0.29) is 5.56 Å². The Hall–Kier alpha value is -0.830. The third kappa shape index (κ3) is 2.39. The summed E-state index contributed by atoms with van der Waals surface area (Å²) in [6.45, 7) is 0.842. The Morgan fingerprint density at radius 3 is 2.65 bits per heavy atom. The lowest BCUT2D eigenvalue weighted by Crippen LogP contribution is -2.27. The number of aromatic nitrogens is 2. The molecule has 0 aromatic carbocycles. The van der Waals surface area contributed by atoms with Crippen LogP contribution in [-0.4, -0.2) is 9.55 Å². The quantitative estimate of drug-likeness (QED) is 0.776. The van der Waals surface area contributed by atoms with Gasteiger partial charge in [0.25, 0.3) is 5.56 Å². The van der Waals surface area contributed by atoms with Crippen LogP contribution in [0.1, 0.15) is 50.3 Å². The molecule has 0 unspecified atom stereocenters. The van der Waals surface area contributed by atoms with Gasteiger partial charge in [-0.2, -0.15) is 0 Å². The van der Waals surface area contributed by atoms with Crippen LogP contribution in [0, 0.1) is 5.92 Å². The van der Waals surface area contributed by atoms with E-state index in [1.54, 1.807) is 0 Å². The van der Waals surface area contributed by atoms with Gasteiger partial charge >= 0.3 is 0 Å². The van der Waals surface area contributed by atoms with Crippen molar-refractivity contribution >= 4 is 11.6 Å². The largest absolute Gasteiger partial charge is 0.296 e. The number of nitrogens with zero attached hydrogens (tertiary/aromatic N) is 2. The molecule has 4 heteroatoms. The van der Waals surface area contributed by atoms with Crippen molar-refractivity contribution in [1.82, 2.24) is 9.55 Å². The fraction of sp³-hybridized carbons (Fsp3) is 0.692. The van der Waals surface area contributed by atoms with E-state index in [2.05, 4.69) is 4.98 Å². The van der Waals surface area contributed by atoms with Crippen LogP contribution in [0.15, 0.2) is 10.9 Å². The maximum absolute atomic E-state index is 12.0. The normalized spacial score (nSPS) is 21.0. The lowest BCUT2D eigenvalue weighted by molar-refractivity contribution is 0.433. The Kier molecular flexibility index (Phi) is 2.95. The van der Waals surface area contributed by atoms with Gasteiger partial charge in [0.1, 0.15) is 11.0 Å². The highest BCUT2D eigenvalue weighted by molar-refractivity contribution is 6.29. The van der Waals surface area contributed by atoms with E-state index >= 15 is 0 Å². The van der Waals surface area contributed by atoms with E-state index in [1.165, 1.54) is 31.7 Å². The summed E-state index contributed by atoms with van der Waals surface area (Å²) in [6.07, 6.45) is 7.41. The van der Waals surface area contributed by atoms with Gasteiger partial charge < -0.3 is 0 Å². The molecule has 92 valence electrons. The monoisotopic (exact) mass is 252 g/mol. The molecule has 0 spiro atoms. The van der Waals surface area contributed by atoms with Gasteiger partial charge in [-0.1, -0.05) is 24.4 Å². The summed E-state index contributed by atoms with van der Waals surface area (Å²) < 4.78 is 1.87. The first kappa shape index (κ1) is 11.3. The first-order valence-electron chi connectivity index (χ1n) is 6.51. The summed E-state index contributed by atoms with van der Waals surface area (Å²) in [7, 11) is 0. The van der Waals surface area contributed by atoms with Gasteiger partial charge in [0, 0.05) is 18.5 Å². The molecular formula is C13H17ClN2O. The lowest BCUT2D eigenvalue weighted by atomic mass is 10.1.